The Morgan fingerprint density at radius 1 is 1.55 bits per heavy atom. The van der Waals surface area contributed by atoms with Gasteiger partial charge >= 0.3 is 0 Å². The van der Waals surface area contributed by atoms with Crippen molar-refractivity contribution >= 4 is 5.84 Å². The third-order valence-electron chi connectivity index (χ3n) is 3.63. The molecule has 62 valence electrons. The van der Waals surface area contributed by atoms with Gasteiger partial charge < -0.3 is 5.32 Å². The monoisotopic (exact) mass is 152 g/mol. The van der Waals surface area contributed by atoms with E-state index in [9.17, 15) is 0 Å². The molecule has 4 unspecified atom stereocenters. The second kappa shape index (κ2) is 1.79. The Labute approximate surface area is 67.9 Å². The number of rotatable bonds is 0. The van der Waals surface area contributed by atoms with Crippen LogP contribution >= 0.6 is 0 Å². The van der Waals surface area contributed by atoms with Crippen molar-refractivity contribution < 1.29 is 0 Å². The average molecular weight is 152 g/mol. The Kier molecular flexibility index (Phi) is 1.16. The molecule has 0 spiro atoms. The second-order valence-corrected chi connectivity index (χ2v) is 4.38. The zero-order chi connectivity index (χ0) is 8.22. The molecule has 4 atom stereocenters. The molecule has 2 nitrogen and oxygen atoms in total. The molecule has 1 saturated carbocycles. The molecule has 0 radical (unpaired) electrons. The van der Waals surface area contributed by atoms with Crippen LogP contribution in [0, 0.1) is 23.2 Å². The van der Waals surface area contributed by atoms with Crippen LogP contribution < -0.4 is 5.32 Å². The highest BCUT2D eigenvalue weighted by Crippen LogP contribution is 2.56. The second-order valence-electron chi connectivity index (χ2n) is 4.38. The van der Waals surface area contributed by atoms with Crippen molar-refractivity contribution in [1.82, 2.24) is 5.32 Å². The number of piperidine rings is 1. The minimum Gasteiger partial charge on any atom is -0.368 e. The average Bonchev–Trinajstić information content (AvgIpc) is 2.33. The summed E-state index contributed by atoms with van der Waals surface area (Å²) in [5.74, 6) is 3.03. The molecule has 2 N–H and O–H groups in total. The highest BCUT2D eigenvalue weighted by atomic mass is 15.1. The lowest BCUT2D eigenvalue weighted by molar-refractivity contribution is 0.412. The molecule has 0 aromatic heterocycles. The van der Waals surface area contributed by atoms with Gasteiger partial charge in [-0.15, -0.1) is 0 Å². The molecule has 1 saturated heterocycles. The molecule has 0 aromatic carbocycles. The Bertz CT molecular complexity index is 212. The van der Waals surface area contributed by atoms with E-state index in [0.717, 1.165) is 24.1 Å². The van der Waals surface area contributed by atoms with Crippen LogP contribution in [0.5, 0.6) is 0 Å². The van der Waals surface area contributed by atoms with Crippen molar-refractivity contribution in [2.24, 2.45) is 17.8 Å². The van der Waals surface area contributed by atoms with Gasteiger partial charge in [0, 0.05) is 12.0 Å². The van der Waals surface area contributed by atoms with Gasteiger partial charge in [-0.2, -0.15) is 0 Å². The first-order valence-corrected chi connectivity index (χ1v) is 4.41. The highest BCUT2D eigenvalue weighted by Gasteiger charge is 2.62. The summed E-state index contributed by atoms with van der Waals surface area (Å²) in [5.41, 5.74) is 0.273. The Morgan fingerprint density at radius 2 is 2.18 bits per heavy atom. The van der Waals surface area contributed by atoms with Crippen LogP contribution in [0.25, 0.3) is 0 Å². The van der Waals surface area contributed by atoms with E-state index in [4.69, 9.17) is 5.41 Å². The summed E-state index contributed by atoms with van der Waals surface area (Å²) >= 11 is 0. The fourth-order valence-electron chi connectivity index (χ4n) is 2.87. The summed E-state index contributed by atoms with van der Waals surface area (Å²) < 4.78 is 0. The first-order valence-electron chi connectivity index (χ1n) is 4.41. The predicted molar refractivity (Wildman–Crippen MR) is 45.7 cm³/mol. The standard InChI is InChI=1S/C9H16N2/c1-5-4-7(10)11-9(3)6(2)8(5)9/h5-6,8H,4H2,1-3H3,(H2,10,11). The van der Waals surface area contributed by atoms with Crippen molar-refractivity contribution in [3.63, 3.8) is 0 Å². The van der Waals surface area contributed by atoms with Crippen molar-refractivity contribution in [3.8, 4) is 0 Å². The smallest absolute Gasteiger partial charge is 0.0938 e. The van der Waals surface area contributed by atoms with Gasteiger partial charge in [-0.25, -0.2) is 0 Å². The van der Waals surface area contributed by atoms with Crippen LogP contribution in [-0.2, 0) is 0 Å². The van der Waals surface area contributed by atoms with Crippen molar-refractivity contribution in [3.05, 3.63) is 0 Å². The summed E-state index contributed by atoms with van der Waals surface area (Å²) in [6, 6.07) is 0. The molecule has 1 aliphatic carbocycles. The maximum Gasteiger partial charge on any atom is 0.0938 e. The number of fused-ring (bicyclic) bond motifs is 1. The predicted octanol–water partition coefficient (Wildman–Crippen LogP) is 1.62. The third kappa shape index (κ3) is 0.754. The van der Waals surface area contributed by atoms with E-state index in [1.807, 2.05) is 0 Å². The minimum absolute atomic E-state index is 0.273. The molecule has 2 aliphatic rings. The zero-order valence-corrected chi connectivity index (χ0v) is 7.44. The van der Waals surface area contributed by atoms with Gasteiger partial charge in [0.2, 0.25) is 0 Å². The van der Waals surface area contributed by atoms with Gasteiger partial charge in [-0.3, -0.25) is 5.41 Å². The molecule has 0 amide bonds. The highest BCUT2D eigenvalue weighted by molar-refractivity contribution is 5.82. The lowest BCUT2D eigenvalue weighted by atomic mass is 9.94. The maximum atomic E-state index is 7.58. The van der Waals surface area contributed by atoms with Crippen LogP contribution in [0.4, 0.5) is 0 Å². The van der Waals surface area contributed by atoms with E-state index >= 15 is 0 Å². The van der Waals surface area contributed by atoms with Gasteiger partial charge in [-0.1, -0.05) is 13.8 Å². The first kappa shape index (κ1) is 7.14. The normalized spacial score (nSPS) is 54.8. The third-order valence-corrected chi connectivity index (χ3v) is 3.63. The van der Waals surface area contributed by atoms with E-state index in [1.54, 1.807) is 0 Å². The van der Waals surface area contributed by atoms with Crippen LogP contribution in [-0.4, -0.2) is 11.4 Å². The number of nitrogens with one attached hydrogen (secondary N) is 2. The Balaban J connectivity index is 2.20. The summed E-state index contributed by atoms with van der Waals surface area (Å²) in [6.07, 6.45) is 0.949. The number of hydrogen-bond acceptors (Lipinski definition) is 1. The lowest BCUT2D eigenvalue weighted by Crippen LogP contribution is -2.42. The number of amidine groups is 1. The summed E-state index contributed by atoms with van der Waals surface area (Å²) in [6.45, 7) is 6.79. The van der Waals surface area contributed by atoms with E-state index in [1.165, 1.54) is 0 Å². The molecular weight excluding hydrogens is 136 g/mol. The molecule has 0 bridgehead atoms. The molecule has 1 heterocycles. The van der Waals surface area contributed by atoms with Crippen molar-refractivity contribution in [2.45, 2.75) is 32.7 Å². The van der Waals surface area contributed by atoms with Crippen LogP contribution in [0.3, 0.4) is 0 Å². The topological polar surface area (TPSA) is 35.9 Å². The first-order chi connectivity index (χ1) is 5.05. The largest absolute Gasteiger partial charge is 0.368 e. The summed E-state index contributed by atoms with van der Waals surface area (Å²) in [5, 5.41) is 10.9. The minimum atomic E-state index is 0.273. The van der Waals surface area contributed by atoms with E-state index < -0.39 is 0 Å². The summed E-state index contributed by atoms with van der Waals surface area (Å²) in [7, 11) is 0. The quantitative estimate of drug-likeness (QED) is 0.543. The van der Waals surface area contributed by atoms with Gasteiger partial charge in [0.1, 0.15) is 0 Å². The molecule has 2 fully saturated rings. The maximum absolute atomic E-state index is 7.58. The fraction of sp³-hybridized carbons (Fsp3) is 0.889. The van der Waals surface area contributed by atoms with Crippen LogP contribution in [0.15, 0.2) is 0 Å². The van der Waals surface area contributed by atoms with Gasteiger partial charge in [0.25, 0.3) is 0 Å². The van der Waals surface area contributed by atoms with E-state index in [-0.39, 0.29) is 5.54 Å². The van der Waals surface area contributed by atoms with E-state index in [0.29, 0.717) is 5.92 Å². The zero-order valence-electron chi connectivity index (χ0n) is 7.44. The summed E-state index contributed by atoms with van der Waals surface area (Å²) in [4.78, 5) is 0. The van der Waals surface area contributed by atoms with Gasteiger partial charge in [0.15, 0.2) is 0 Å². The SMILES string of the molecule is CC1CC(=N)NC2(C)C(C)C12. The van der Waals surface area contributed by atoms with Crippen LogP contribution in [0.1, 0.15) is 27.2 Å². The molecule has 11 heavy (non-hydrogen) atoms. The van der Waals surface area contributed by atoms with Gasteiger partial charge in [0.05, 0.1) is 5.84 Å². The molecule has 2 rings (SSSR count). The van der Waals surface area contributed by atoms with Crippen molar-refractivity contribution in [2.75, 3.05) is 0 Å². The lowest BCUT2D eigenvalue weighted by Gasteiger charge is -2.25. The Hall–Kier alpha value is -0.530. The molecule has 0 aromatic rings. The number of hydrogen-bond donors (Lipinski definition) is 2. The molecule has 2 heteroatoms. The molecule has 1 aliphatic heterocycles. The van der Waals surface area contributed by atoms with E-state index in [2.05, 4.69) is 26.1 Å². The van der Waals surface area contributed by atoms with Crippen LogP contribution in [0.2, 0.25) is 0 Å². The van der Waals surface area contributed by atoms with Gasteiger partial charge in [-0.05, 0) is 24.7 Å². The molecular formula is C9H16N2. The fourth-order valence-corrected chi connectivity index (χ4v) is 2.87. The van der Waals surface area contributed by atoms with Crippen molar-refractivity contribution in [1.29, 1.82) is 5.41 Å². The Morgan fingerprint density at radius 3 is 2.73 bits per heavy atom.